The number of anilines is 3. The van der Waals surface area contributed by atoms with Gasteiger partial charge in [-0.1, -0.05) is 47.8 Å². The molecule has 4 aromatic carbocycles. The van der Waals surface area contributed by atoms with E-state index < -0.39 is 23.4 Å². The van der Waals surface area contributed by atoms with Crippen molar-refractivity contribution in [2.45, 2.75) is 98.8 Å². The Balaban J connectivity index is 0.000000182. The first kappa shape index (κ1) is 51.9. The van der Waals surface area contributed by atoms with Gasteiger partial charge in [0, 0.05) is 43.2 Å². The Morgan fingerprint density at radius 3 is 1.77 bits per heavy atom. The minimum absolute atomic E-state index is 0.132. The van der Waals surface area contributed by atoms with Crippen molar-refractivity contribution in [3.05, 3.63) is 111 Å². The number of ether oxygens (including phenoxy) is 6. The van der Waals surface area contributed by atoms with Crippen molar-refractivity contribution in [1.29, 1.82) is 5.41 Å². The molecule has 0 spiro atoms. The van der Waals surface area contributed by atoms with Gasteiger partial charge < -0.3 is 48.3 Å². The molecule has 0 saturated carbocycles. The minimum Gasteiger partial charge on any atom is -0.454 e. The summed E-state index contributed by atoms with van der Waals surface area (Å²) in [6, 6.07) is 22.8. The first-order chi connectivity index (χ1) is 35.3. The molecule has 8 aromatic rings. The lowest BCUT2D eigenvalue weighted by Crippen LogP contribution is -2.27. The van der Waals surface area contributed by atoms with Crippen molar-refractivity contribution in [2.75, 3.05) is 30.0 Å². The molecule has 4 aromatic heterocycles. The fourth-order valence-corrected chi connectivity index (χ4v) is 10.3. The number of nitrogens with one attached hydrogen (secondary N) is 4. The van der Waals surface area contributed by atoms with Crippen molar-refractivity contribution in [1.82, 2.24) is 39.0 Å². The van der Waals surface area contributed by atoms with Crippen LogP contribution in [0.5, 0.6) is 23.0 Å². The SMILES string of the molecule is CC(C)(C)OC(=O)Nc1ccc(CCn2c(Sc3cc4c(cc3Br)OCO4)nc3c(N)ncnc32)cc1.CC(C)(C)OC(=O)Nc1ccc(CCn2cnc(=N)c3[nH]c(Sc4cc5c(cc4Br)OCO5)nc32)cc1. The molecule has 6 N–H and O–H groups in total. The molecule has 6 heterocycles. The van der Waals surface area contributed by atoms with Crippen LogP contribution in [0, 0.1) is 5.41 Å². The molecule has 0 radical (unpaired) electrons. The van der Waals surface area contributed by atoms with Crippen LogP contribution in [-0.2, 0) is 35.4 Å². The quantitative estimate of drug-likeness (QED) is 0.0762. The number of nitrogen functional groups attached to an aromatic ring is 1. The average molecular weight is 1170 g/mol. The molecule has 0 aliphatic carbocycles. The Morgan fingerprint density at radius 1 is 0.716 bits per heavy atom. The molecule has 20 nitrogen and oxygen atoms in total. The van der Waals surface area contributed by atoms with E-state index >= 15 is 0 Å². The summed E-state index contributed by atoms with van der Waals surface area (Å²) >= 11 is 10.1. The van der Waals surface area contributed by atoms with E-state index in [-0.39, 0.29) is 19.1 Å². The van der Waals surface area contributed by atoms with Gasteiger partial charge in [0.1, 0.15) is 23.0 Å². The molecule has 0 saturated heterocycles. The second kappa shape index (κ2) is 21.8. The number of H-pyrrole nitrogens is 1. The molecule has 0 unspecified atom stereocenters. The van der Waals surface area contributed by atoms with Crippen LogP contribution in [0.25, 0.3) is 22.3 Å². The predicted octanol–water partition coefficient (Wildman–Crippen LogP) is 11.1. The summed E-state index contributed by atoms with van der Waals surface area (Å²) in [6.07, 6.45) is 3.53. The topological polar surface area (TPSA) is 254 Å². The number of nitrogens with zero attached hydrogens (tertiary/aromatic N) is 7. The summed E-state index contributed by atoms with van der Waals surface area (Å²) in [7, 11) is 0. The number of aromatic amines is 1. The number of nitrogens with two attached hydrogens (primary N) is 1. The number of rotatable bonds is 12. The van der Waals surface area contributed by atoms with E-state index in [1.54, 1.807) is 6.33 Å². The van der Waals surface area contributed by atoms with Gasteiger partial charge in [0.05, 0.1) is 6.33 Å². The van der Waals surface area contributed by atoms with E-state index in [1.807, 2.05) is 123 Å². The molecule has 10 rings (SSSR count). The van der Waals surface area contributed by atoms with Gasteiger partial charge >= 0.3 is 12.2 Å². The molecular formula is C50H50Br2N12O8S2. The van der Waals surface area contributed by atoms with Crippen LogP contribution in [0.1, 0.15) is 52.7 Å². The fourth-order valence-electron chi connectivity index (χ4n) is 7.39. The fraction of sp³-hybridized carbons (Fsp3) is 0.280. The predicted molar refractivity (Wildman–Crippen MR) is 286 cm³/mol. The first-order valence-electron chi connectivity index (χ1n) is 23.0. The van der Waals surface area contributed by atoms with Crippen molar-refractivity contribution in [3.63, 3.8) is 0 Å². The van der Waals surface area contributed by atoms with Crippen LogP contribution < -0.4 is 40.8 Å². The molecular weight excluding hydrogens is 1120 g/mol. The van der Waals surface area contributed by atoms with Gasteiger partial charge in [-0.25, -0.2) is 34.5 Å². The summed E-state index contributed by atoms with van der Waals surface area (Å²) in [4.78, 5) is 51.3. The van der Waals surface area contributed by atoms with Gasteiger partial charge in [-0.3, -0.25) is 16.0 Å². The van der Waals surface area contributed by atoms with Crippen LogP contribution in [0.4, 0.5) is 26.8 Å². The maximum Gasteiger partial charge on any atom is 0.412 e. The number of aryl methyl sites for hydroxylation is 4. The number of hydrogen-bond acceptors (Lipinski definition) is 17. The minimum atomic E-state index is -0.559. The second-order valence-electron chi connectivity index (χ2n) is 18.6. The number of amides is 2. The van der Waals surface area contributed by atoms with E-state index in [0.29, 0.717) is 93.6 Å². The van der Waals surface area contributed by atoms with Crippen LogP contribution >= 0.6 is 55.4 Å². The Labute approximate surface area is 449 Å². The van der Waals surface area contributed by atoms with Crippen molar-refractivity contribution < 1.29 is 38.0 Å². The van der Waals surface area contributed by atoms with Crippen LogP contribution in [0.15, 0.2) is 115 Å². The lowest BCUT2D eigenvalue weighted by molar-refractivity contribution is 0.0624. The highest BCUT2D eigenvalue weighted by Gasteiger charge is 2.23. The van der Waals surface area contributed by atoms with E-state index in [9.17, 15) is 9.59 Å². The van der Waals surface area contributed by atoms with Crippen molar-refractivity contribution in [3.8, 4) is 23.0 Å². The van der Waals surface area contributed by atoms with Gasteiger partial charge in [-0.2, -0.15) is 0 Å². The zero-order chi connectivity index (χ0) is 52.3. The molecule has 0 fully saturated rings. The maximum atomic E-state index is 12.0. The average Bonchev–Trinajstić information content (AvgIpc) is 4.16. The summed E-state index contributed by atoms with van der Waals surface area (Å²) in [5.41, 5.74) is 11.1. The summed E-state index contributed by atoms with van der Waals surface area (Å²) in [5, 5.41) is 15.1. The monoisotopic (exact) mass is 1170 g/mol. The number of hydrogen-bond donors (Lipinski definition) is 5. The van der Waals surface area contributed by atoms with Gasteiger partial charge in [-0.15, -0.1) is 0 Å². The first-order valence-corrected chi connectivity index (χ1v) is 26.2. The molecule has 2 amide bonds. The molecule has 0 atom stereocenters. The number of benzene rings is 4. The molecule has 74 heavy (non-hydrogen) atoms. The van der Waals surface area contributed by atoms with Crippen LogP contribution in [-0.4, -0.2) is 76.0 Å². The van der Waals surface area contributed by atoms with E-state index in [0.717, 1.165) is 35.0 Å². The van der Waals surface area contributed by atoms with Gasteiger partial charge in [0.25, 0.3) is 0 Å². The van der Waals surface area contributed by atoms with E-state index in [4.69, 9.17) is 49.5 Å². The largest absolute Gasteiger partial charge is 0.454 e. The number of imidazole rings is 2. The highest BCUT2D eigenvalue weighted by Crippen LogP contribution is 2.44. The Kier molecular flexibility index (Phi) is 15.3. The maximum absolute atomic E-state index is 12.0. The van der Waals surface area contributed by atoms with Crippen molar-refractivity contribution in [2.24, 2.45) is 0 Å². The van der Waals surface area contributed by atoms with Gasteiger partial charge in [-0.05, 0) is 146 Å². The third kappa shape index (κ3) is 12.8. The number of aromatic nitrogens is 8. The summed E-state index contributed by atoms with van der Waals surface area (Å²) in [6.45, 7) is 12.6. The zero-order valence-corrected chi connectivity index (χ0v) is 45.7. The summed E-state index contributed by atoms with van der Waals surface area (Å²) in [5.74, 6) is 3.10. The third-order valence-corrected chi connectivity index (χ3v) is 14.6. The number of fused-ring (bicyclic) bond motifs is 4. The number of carbonyl (C=O) groups is 2. The second-order valence-corrected chi connectivity index (χ2v) is 22.4. The standard InChI is InChI=1S/2C25H25BrN6O4S/c1-25(2,3)36-24(33)29-15-6-4-14(5-7-15)8-9-32-12-28-21(27)20-22(32)31-23(30-20)37-19-11-18-17(10-16(19)26)34-13-35-18;1-25(2,3)36-24(33)30-15-6-4-14(5-7-15)8-9-32-22-20(21(27)28-12-29-22)31-23(32)37-19-11-18-17(10-16(19)26)34-13-35-18/h4-7,10-12,27H,8-9,13H2,1-3H3,(H,29,33)(H,30,31);4-7,10-12H,8-9,13H2,1-3H3,(H,30,33)(H2,27,28,29). The Hall–Kier alpha value is -7.02. The Bertz CT molecular complexity index is 3450. The van der Waals surface area contributed by atoms with E-state index in [1.165, 1.54) is 29.9 Å². The van der Waals surface area contributed by atoms with E-state index in [2.05, 4.69) is 62.4 Å². The lowest BCUT2D eigenvalue weighted by Gasteiger charge is -2.19. The normalized spacial score (nSPS) is 12.6. The van der Waals surface area contributed by atoms with Crippen LogP contribution in [0.3, 0.4) is 0 Å². The smallest absolute Gasteiger partial charge is 0.412 e. The zero-order valence-electron chi connectivity index (χ0n) is 40.9. The van der Waals surface area contributed by atoms with Gasteiger partial charge in [0.15, 0.2) is 61.4 Å². The number of carbonyl (C=O) groups excluding carboxylic acids is 2. The Morgan fingerprint density at radius 2 is 1.23 bits per heavy atom. The highest BCUT2D eigenvalue weighted by atomic mass is 79.9. The highest BCUT2D eigenvalue weighted by molar-refractivity contribution is 9.10. The number of halogens is 2. The molecule has 24 heteroatoms. The van der Waals surface area contributed by atoms with Crippen molar-refractivity contribution >= 4 is 107 Å². The summed E-state index contributed by atoms with van der Waals surface area (Å²) < 4.78 is 38.2. The molecule has 2 aliphatic heterocycles. The van der Waals surface area contributed by atoms with Crippen LogP contribution in [0.2, 0.25) is 0 Å². The third-order valence-electron chi connectivity index (χ3n) is 10.7. The molecule has 2 aliphatic rings. The lowest BCUT2D eigenvalue weighted by atomic mass is 10.1. The molecule has 0 bridgehead atoms. The van der Waals surface area contributed by atoms with Gasteiger partial charge in [0.2, 0.25) is 13.6 Å². The molecule has 384 valence electrons.